The molecule has 0 saturated heterocycles. The molecular formula is C15H14N4O2. The van der Waals surface area contributed by atoms with Crippen molar-refractivity contribution in [1.29, 1.82) is 0 Å². The van der Waals surface area contributed by atoms with E-state index >= 15 is 0 Å². The monoisotopic (exact) mass is 282 g/mol. The summed E-state index contributed by atoms with van der Waals surface area (Å²) in [7, 11) is 0. The Morgan fingerprint density at radius 3 is 2.71 bits per heavy atom. The topological polar surface area (TPSA) is 69.4 Å². The van der Waals surface area contributed by atoms with Crippen molar-refractivity contribution in [2.24, 2.45) is 0 Å². The molecule has 0 aliphatic heterocycles. The molecule has 2 heterocycles. The van der Waals surface area contributed by atoms with Crippen LogP contribution in [0.3, 0.4) is 0 Å². The molecule has 0 unspecified atom stereocenters. The van der Waals surface area contributed by atoms with Gasteiger partial charge in [0.15, 0.2) is 0 Å². The van der Waals surface area contributed by atoms with Crippen LogP contribution in [-0.2, 0) is 0 Å². The minimum atomic E-state index is -0.591. The molecule has 0 aliphatic carbocycles. The van der Waals surface area contributed by atoms with Gasteiger partial charge in [-0.2, -0.15) is 4.98 Å². The number of benzene rings is 1. The average molecular weight is 282 g/mol. The standard InChI is InChI=1S/C15H14N4O2/c1-9-4-5-12(10(2)8-9)21-14(20)13-17-15-16-7-6-11(3)19(15)18-13/h4-8H,1-3H3. The Morgan fingerprint density at radius 1 is 1.19 bits per heavy atom. The van der Waals surface area contributed by atoms with Crippen LogP contribution in [0.25, 0.3) is 5.78 Å². The summed E-state index contributed by atoms with van der Waals surface area (Å²) >= 11 is 0. The van der Waals surface area contributed by atoms with E-state index in [9.17, 15) is 4.79 Å². The molecule has 106 valence electrons. The highest BCUT2D eigenvalue weighted by atomic mass is 16.5. The molecule has 2 aromatic heterocycles. The summed E-state index contributed by atoms with van der Waals surface area (Å²) < 4.78 is 6.86. The highest BCUT2D eigenvalue weighted by molar-refractivity contribution is 5.87. The summed E-state index contributed by atoms with van der Waals surface area (Å²) in [5.41, 5.74) is 2.84. The number of hydrogen-bond acceptors (Lipinski definition) is 5. The van der Waals surface area contributed by atoms with Crippen LogP contribution in [0.4, 0.5) is 0 Å². The van der Waals surface area contributed by atoms with E-state index in [1.54, 1.807) is 18.3 Å². The zero-order valence-electron chi connectivity index (χ0n) is 12.0. The molecule has 3 rings (SSSR count). The van der Waals surface area contributed by atoms with E-state index in [0.29, 0.717) is 11.5 Å². The van der Waals surface area contributed by atoms with Gasteiger partial charge in [-0.05, 0) is 38.5 Å². The molecule has 0 atom stereocenters. The predicted molar refractivity (Wildman–Crippen MR) is 76.4 cm³/mol. The summed E-state index contributed by atoms with van der Waals surface area (Å²) in [5, 5.41) is 4.12. The van der Waals surface area contributed by atoms with Crippen LogP contribution in [0, 0.1) is 20.8 Å². The van der Waals surface area contributed by atoms with Crippen LogP contribution in [0.2, 0.25) is 0 Å². The second kappa shape index (κ2) is 4.97. The van der Waals surface area contributed by atoms with Crippen LogP contribution >= 0.6 is 0 Å². The predicted octanol–water partition coefficient (Wildman–Crippen LogP) is 2.27. The van der Waals surface area contributed by atoms with Crippen LogP contribution in [0.1, 0.15) is 27.4 Å². The van der Waals surface area contributed by atoms with Gasteiger partial charge in [-0.1, -0.05) is 17.7 Å². The Balaban J connectivity index is 1.92. The van der Waals surface area contributed by atoms with Crippen molar-refractivity contribution in [2.45, 2.75) is 20.8 Å². The third-order valence-corrected chi connectivity index (χ3v) is 3.15. The van der Waals surface area contributed by atoms with Gasteiger partial charge in [-0.25, -0.2) is 14.3 Å². The normalized spacial score (nSPS) is 10.8. The van der Waals surface area contributed by atoms with Gasteiger partial charge in [0.2, 0.25) is 0 Å². The van der Waals surface area contributed by atoms with Gasteiger partial charge in [-0.3, -0.25) is 0 Å². The van der Waals surface area contributed by atoms with E-state index in [1.807, 2.05) is 32.9 Å². The summed E-state index contributed by atoms with van der Waals surface area (Å²) in [6.07, 6.45) is 1.62. The van der Waals surface area contributed by atoms with E-state index in [0.717, 1.165) is 16.8 Å². The number of aryl methyl sites for hydroxylation is 3. The average Bonchev–Trinajstić information content (AvgIpc) is 2.87. The Kier molecular flexibility index (Phi) is 3.13. The van der Waals surface area contributed by atoms with Gasteiger partial charge < -0.3 is 4.74 Å². The summed E-state index contributed by atoms with van der Waals surface area (Å²) in [4.78, 5) is 20.3. The highest BCUT2D eigenvalue weighted by Gasteiger charge is 2.17. The Hall–Kier alpha value is -2.76. The molecule has 3 aromatic rings. The number of hydrogen-bond donors (Lipinski definition) is 0. The van der Waals surface area contributed by atoms with Crippen molar-refractivity contribution in [3.05, 3.63) is 53.1 Å². The summed E-state index contributed by atoms with van der Waals surface area (Å²) in [6.45, 7) is 5.73. The molecule has 6 heteroatoms. The Morgan fingerprint density at radius 2 is 2.00 bits per heavy atom. The lowest BCUT2D eigenvalue weighted by Gasteiger charge is -2.05. The third kappa shape index (κ3) is 2.47. The maximum Gasteiger partial charge on any atom is 0.383 e. The molecule has 0 bridgehead atoms. The fourth-order valence-electron chi connectivity index (χ4n) is 2.05. The summed E-state index contributed by atoms with van der Waals surface area (Å²) in [6, 6.07) is 7.40. The molecule has 21 heavy (non-hydrogen) atoms. The molecule has 6 nitrogen and oxygen atoms in total. The van der Waals surface area contributed by atoms with Gasteiger partial charge in [-0.15, -0.1) is 5.10 Å². The van der Waals surface area contributed by atoms with Gasteiger partial charge >= 0.3 is 5.97 Å². The van der Waals surface area contributed by atoms with Crippen LogP contribution in [-0.4, -0.2) is 25.6 Å². The Labute approximate surface area is 121 Å². The maximum atomic E-state index is 12.1. The number of nitrogens with zero attached hydrogens (tertiary/aromatic N) is 4. The number of esters is 1. The lowest BCUT2D eigenvalue weighted by atomic mass is 10.1. The second-order valence-electron chi connectivity index (χ2n) is 4.89. The molecule has 0 aliphatic rings. The van der Waals surface area contributed by atoms with Crippen LogP contribution in [0.5, 0.6) is 5.75 Å². The molecule has 0 saturated carbocycles. The van der Waals surface area contributed by atoms with Crippen molar-refractivity contribution in [1.82, 2.24) is 19.6 Å². The quantitative estimate of drug-likeness (QED) is 0.532. The highest BCUT2D eigenvalue weighted by Crippen LogP contribution is 2.19. The van der Waals surface area contributed by atoms with Gasteiger partial charge in [0.05, 0.1) is 0 Å². The van der Waals surface area contributed by atoms with Gasteiger partial charge in [0, 0.05) is 11.9 Å². The first-order valence-corrected chi connectivity index (χ1v) is 6.52. The second-order valence-corrected chi connectivity index (χ2v) is 4.89. The van der Waals surface area contributed by atoms with E-state index in [1.165, 1.54) is 4.52 Å². The van der Waals surface area contributed by atoms with E-state index in [2.05, 4.69) is 15.1 Å². The first-order chi connectivity index (χ1) is 10.0. The number of fused-ring (bicyclic) bond motifs is 1. The van der Waals surface area contributed by atoms with Crippen molar-refractivity contribution in [3.63, 3.8) is 0 Å². The molecule has 0 radical (unpaired) electrons. The number of ether oxygens (including phenoxy) is 1. The molecule has 0 spiro atoms. The van der Waals surface area contributed by atoms with Crippen LogP contribution in [0.15, 0.2) is 30.5 Å². The van der Waals surface area contributed by atoms with Crippen molar-refractivity contribution >= 4 is 11.7 Å². The van der Waals surface area contributed by atoms with Crippen molar-refractivity contribution in [3.8, 4) is 5.75 Å². The summed E-state index contributed by atoms with van der Waals surface area (Å²) in [5.74, 6) is 0.292. The molecule has 1 aromatic carbocycles. The van der Waals surface area contributed by atoms with Crippen molar-refractivity contribution in [2.75, 3.05) is 0 Å². The fourth-order valence-corrected chi connectivity index (χ4v) is 2.05. The van der Waals surface area contributed by atoms with E-state index < -0.39 is 5.97 Å². The maximum absolute atomic E-state index is 12.1. The number of carbonyl (C=O) groups excluding carboxylic acids is 1. The number of carbonyl (C=O) groups is 1. The molecule has 0 amide bonds. The smallest absolute Gasteiger partial charge is 0.383 e. The SMILES string of the molecule is Cc1ccc(OC(=O)c2nc3nccc(C)n3n2)c(C)c1. The number of aromatic nitrogens is 4. The lowest BCUT2D eigenvalue weighted by molar-refractivity contribution is 0.0721. The molecule has 0 fully saturated rings. The largest absolute Gasteiger partial charge is 0.420 e. The molecule has 0 N–H and O–H groups in total. The fraction of sp³-hybridized carbons (Fsp3) is 0.200. The minimum absolute atomic E-state index is 0.00299. The number of rotatable bonds is 2. The third-order valence-electron chi connectivity index (χ3n) is 3.15. The van der Waals surface area contributed by atoms with Gasteiger partial charge in [0.1, 0.15) is 5.75 Å². The van der Waals surface area contributed by atoms with Crippen molar-refractivity contribution < 1.29 is 9.53 Å². The Bertz CT molecular complexity index is 839. The van der Waals surface area contributed by atoms with Gasteiger partial charge in [0.25, 0.3) is 11.6 Å². The zero-order chi connectivity index (χ0) is 15.0. The van der Waals surface area contributed by atoms with Crippen LogP contribution < -0.4 is 4.74 Å². The van der Waals surface area contributed by atoms with E-state index in [-0.39, 0.29) is 5.82 Å². The first kappa shape index (κ1) is 13.2. The molecular weight excluding hydrogens is 268 g/mol. The lowest BCUT2D eigenvalue weighted by Crippen LogP contribution is -2.11. The first-order valence-electron chi connectivity index (χ1n) is 6.52. The zero-order valence-corrected chi connectivity index (χ0v) is 12.0. The minimum Gasteiger partial charge on any atom is -0.420 e. The van der Waals surface area contributed by atoms with E-state index in [4.69, 9.17) is 4.74 Å².